The third-order valence-electron chi connectivity index (χ3n) is 2.17. The normalized spacial score (nSPS) is 13.1. The Morgan fingerprint density at radius 3 is 2.86 bits per heavy atom. The minimum absolute atomic E-state index is 0.157. The lowest BCUT2D eigenvalue weighted by atomic mass is 10.1. The SMILES string of the molecule is Cc1sccc1C(N)c1cnn(C)n1. The van der Waals surface area contributed by atoms with Gasteiger partial charge < -0.3 is 5.73 Å². The van der Waals surface area contributed by atoms with Crippen molar-refractivity contribution < 1.29 is 0 Å². The van der Waals surface area contributed by atoms with Gasteiger partial charge in [0.25, 0.3) is 0 Å². The molecule has 0 aromatic carbocycles. The summed E-state index contributed by atoms with van der Waals surface area (Å²) in [6.07, 6.45) is 1.71. The Morgan fingerprint density at radius 1 is 1.57 bits per heavy atom. The third-order valence-corrected chi connectivity index (χ3v) is 3.03. The second-order valence-corrected chi connectivity index (χ2v) is 4.29. The maximum absolute atomic E-state index is 6.07. The highest BCUT2D eigenvalue weighted by molar-refractivity contribution is 7.10. The number of rotatable bonds is 2. The summed E-state index contributed by atoms with van der Waals surface area (Å²) in [6.45, 7) is 2.07. The molecule has 1 atom stereocenters. The van der Waals surface area contributed by atoms with Gasteiger partial charge in [-0.15, -0.1) is 11.3 Å². The third kappa shape index (κ3) is 1.56. The summed E-state index contributed by atoms with van der Waals surface area (Å²) in [5.74, 6) is 0. The summed E-state index contributed by atoms with van der Waals surface area (Å²) >= 11 is 1.70. The zero-order valence-electron chi connectivity index (χ0n) is 8.14. The molecule has 5 heteroatoms. The quantitative estimate of drug-likeness (QED) is 0.807. The minimum Gasteiger partial charge on any atom is -0.319 e. The average Bonchev–Trinajstić information content (AvgIpc) is 2.73. The van der Waals surface area contributed by atoms with Gasteiger partial charge in [0, 0.05) is 11.9 Å². The highest BCUT2D eigenvalue weighted by Gasteiger charge is 2.14. The van der Waals surface area contributed by atoms with Gasteiger partial charge in [-0.05, 0) is 23.9 Å². The van der Waals surface area contributed by atoms with Crippen LogP contribution in [0.1, 0.15) is 22.2 Å². The Labute approximate surface area is 86.4 Å². The van der Waals surface area contributed by atoms with Crippen molar-refractivity contribution in [1.29, 1.82) is 0 Å². The number of nitrogens with two attached hydrogens (primary N) is 1. The Morgan fingerprint density at radius 2 is 2.36 bits per heavy atom. The van der Waals surface area contributed by atoms with E-state index in [1.165, 1.54) is 9.67 Å². The van der Waals surface area contributed by atoms with E-state index in [1.54, 1.807) is 24.6 Å². The molecule has 2 heterocycles. The van der Waals surface area contributed by atoms with E-state index in [1.807, 2.05) is 11.4 Å². The van der Waals surface area contributed by atoms with Crippen LogP contribution in [0.2, 0.25) is 0 Å². The Balaban J connectivity index is 2.33. The second kappa shape index (κ2) is 3.51. The van der Waals surface area contributed by atoms with E-state index in [2.05, 4.69) is 17.1 Å². The first kappa shape index (κ1) is 9.36. The Hall–Kier alpha value is -1.20. The molecule has 2 aromatic rings. The highest BCUT2D eigenvalue weighted by Crippen LogP contribution is 2.24. The van der Waals surface area contributed by atoms with Gasteiger partial charge in [0.15, 0.2) is 0 Å². The molecular formula is C9H12N4S. The van der Waals surface area contributed by atoms with Crippen LogP contribution in [0.25, 0.3) is 0 Å². The molecule has 2 rings (SSSR count). The summed E-state index contributed by atoms with van der Waals surface area (Å²) in [5.41, 5.74) is 8.01. The predicted molar refractivity (Wildman–Crippen MR) is 56.1 cm³/mol. The van der Waals surface area contributed by atoms with Gasteiger partial charge in [-0.1, -0.05) is 0 Å². The van der Waals surface area contributed by atoms with Crippen molar-refractivity contribution in [2.45, 2.75) is 13.0 Å². The summed E-state index contributed by atoms with van der Waals surface area (Å²) in [4.78, 5) is 2.76. The first-order valence-corrected chi connectivity index (χ1v) is 5.22. The number of hydrogen-bond acceptors (Lipinski definition) is 4. The van der Waals surface area contributed by atoms with E-state index in [9.17, 15) is 0 Å². The molecule has 0 radical (unpaired) electrons. The van der Waals surface area contributed by atoms with Crippen LogP contribution < -0.4 is 5.73 Å². The molecule has 2 N–H and O–H groups in total. The standard InChI is InChI=1S/C9H12N4S/c1-6-7(3-4-14-6)9(10)8-5-11-13(2)12-8/h3-5,9H,10H2,1-2H3. The predicted octanol–water partition coefficient (Wildman–Crippen LogP) is 1.23. The van der Waals surface area contributed by atoms with Gasteiger partial charge in [0.1, 0.15) is 5.69 Å². The van der Waals surface area contributed by atoms with Gasteiger partial charge in [0.05, 0.1) is 12.2 Å². The van der Waals surface area contributed by atoms with Crippen molar-refractivity contribution in [1.82, 2.24) is 15.0 Å². The van der Waals surface area contributed by atoms with Gasteiger partial charge >= 0.3 is 0 Å². The zero-order valence-corrected chi connectivity index (χ0v) is 8.95. The Kier molecular flexibility index (Phi) is 2.35. The molecule has 2 aromatic heterocycles. The fourth-order valence-corrected chi connectivity index (χ4v) is 2.13. The van der Waals surface area contributed by atoms with Crippen LogP contribution in [-0.4, -0.2) is 15.0 Å². The molecular weight excluding hydrogens is 196 g/mol. The van der Waals surface area contributed by atoms with Crippen molar-refractivity contribution in [2.24, 2.45) is 12.8 Å². The molecule has 4 nitrogen and oxygen atoms in total. The maximum atomic E-state index is 6.07. The lowest BCUT2D eigenvalue weighted by Crippen LogP contribution is -2.13. The average molecular weight is 208 g/mol. The van der Waals surface area contributed by atoms with Gasteiger partial charge in [0.2, 0.25) is 0 Å². The van der Waals surface area contributed by atoms with Crippen molar-refractivity contribution >= 4 is 11.3 Å². The minimum atomic E-state index is -0.157. The molecule has 0 aliphatic rings. The van der Waals surface area contributed by atoms with Crippen molar-refractivity contribution in [3.05, 3.63) is 33.8 Å². The highest BCUT2D eigenvalue weighted by atomic mass is 32.1. The number of thiophene rings is 1. The summed E-state index contributed by atoms with van der Waals surface area (Å²) < 4.78 is 0. The molecule has 0 fully saturated rings. The molecule has 0 amide bonds. The van der Waals surface area contributed by atoms with E-state index in [0.29, 0.717) is 0 Å². The fourth-order valence-electron chi connectivity index (χ4n) is 1.38. The molecule has 0 bridgehead atoms. The molecule has 0 aliphatic carbocycles. The number of aromatic nitrogens is 3. The van der Waals surface area contributed by atoms with E-state index >= 15 is 0 Å². The summed E-state index contributed by atoms with van der Waals surface area (Å²) in [7, 11) is 1.79. The largest absolute Gasteiger partial charge is 0.319 e. The first-order chi connectivity index (χ1) is 6.68. The lowest BCUT2D eigenvalue weighted by Gasteiger charge is -2.06. The van der Waals surface area contributed by atoms with E-state index in [-0.39, 0.29) is 6.04 Å². The van der Waals surface area contributed by atoms with Crippen molar-refractivity contribution in [2.75, 3.05) is 0 Å². The van der Waals surface area contributed by atoms with Crippen LogP contribution in [0.5, 0.6) is 0 Å². The van der Waals surface area contributed by atoms with Gasteiger partial charge in [-0.2, -0.15) is 15.0 Å². The lowest BCUT2D eigenvalue weighted by molar-refractivity contribution is 0.637. The summed E-state index contributed by atoms with van der Waals surface area (Å²) in [5, 5.41) is 10.2. The topological polar surface area (TPSA) is 56.7 Å². The van der Waals surface area contributed by atoms with E-state index < -0.39 is 0 Å². The van der Waals surface area contributed by atoms with Gasteiger partial charge in [-0.3, -0.25) is 0 Å². The number of hydrogen-bond donors (Lipinski definition) is 1. The van der Waals surface area contributed by atoms with Crippen LogP contribution >= 0.6 is 11.3 Å². The molecule has 1 unspecified atom stereocenters. The maximum Gasteiger partial charge on any atom is 0.104 e. The van der Waals surface area contributed by atoms with Gasteiger partial charge in [-0.25, -0.2) is 0 Å². The van der Waals surface area contributed by atoms with E-state index in [0.717, 1.165) is 11.3 Å². The summed E-state index contributed by atoms with van der Waals surface area (Å²) in [6, 6.07) is 1.88. The van der Waals surface area contributed by atoms with Crippen LogP contribution in [0.15, 0.2) is 17.6 Å². The van der Waals surface area contributed by atoms with Crippen molar-refractivity contribution in [3.63, 3.8) is 0 Å². The van der Waals surface area contributed by atoms with Crippen LogP contribution in [0, 0.1) is 6.92 Å². The number of aryl methyl sites for hydroxylation is 2. The molecule has 74 valence electrons. The molecule has 0 saturated heterocycles. The zero-order chi connectivity index (χ0) is 10.1. The van der Waals surface area contributed by atoms with Crippen LogP contribution in [-0.2, 0) is 7.05 Å². The monoisotopic (exact) mass is 208 g/mol. The fraction of sp³-hybridized carbons (Fsp3) is 0.333. The smallest absolute Gasteiger partial charge is 0.104 e. The molecule has 0 aliphatic heterocycles. The second-order valence-electron chi connectivity index (χ2n) is 3.17. The molecule has 0 saturated carbocycles. The van der Waals surface area contributed by atoms with Crippen LogP contribution in [0.3, 0.4) is 0 Å². The van der Waals surface area contributed by atoms with Crippen molar-refractivity contribution in [3.8, 4) is 0 Å². The molecule has 0 spiro atoms. The first-order valence-electron chi connectivity index (χ1n) is 4.34. The number of nitrogens with zero attached hydrogens (tertiary/aromatic N) is 3. The van der Waals surface area contributed by atoms with Crippen LogP contribution in [0.4, 0.5) is 0 Å². The molecule has 14 heavy (non-hydrogen) atoms. The van der Waals surface area contributed by atoms with E-state index in [4.69, 9.17) is 5.73 Å². The Bertz CT molecular complexity index is 431.